The van der Waals surface area contributed by atoms with Gasteiger partial charge in [0, 0.05) is 16.7 Å². The summed E-state index contributed by atoms with van der Waals surface area (Å²) in [5.41, 5.74) is 2.84. The summed E-state index contributed by atoms with van der Waals surface area (Å²) >= 11 is 0. The number of hydrogen-bond acceptors (Lipinski definition) is 0. The SMILES string of the molecule is C/C=C/CCC1CCC(C2CC=C(c3ccc(-c4ccc(-c5ccc(CC)c(F)c5F)cc4)c(F)c3F)CC2)CC1. The van der Waals surface area contributed by atoms with E-state index in [2.05, 4.69) is 25.2 Å². The van der Waals surface area contributed by atoms with Crippen LogP contribution < -0.4 is 0 Å². The Morgan fingerprint density at radius 2 is 1.27 bits per heavy atom. The minimum Gasteiger partial charge on any atom is -0.203 e. The van der Waals surface area contributed by atoms with Crippen molar-refractivity contribution in [3.05, 3.63) is 101 Å². The van der Waals surface area contributed by atoms with Crippen LogP contribution in [0.4, 0.5) is 17.6 Å². The molecule has 0 bridgehead atoms. The molecule has 1 atom stereocenters. The Morgan fingerprint density at radius 3 is 1.85 bits per heavy atom. The van der Waals surface area contributed by atoms with Gasteiger partial charge in [-0.2, -0.15) is 0 Å². The quantitative estimate of drug-likeness (QED) is 0.190. The second kappa shape index (κ2) is 13.2. The predicted molar refractivity (Wildman–Crippen MR) is 161 cm³/mol. The lowest BCUT2D eigenvalue weighted by Gasteiger charge is -2.35. The molecule has 0 radical (unpaired) electrons. The molecule has 4 heteroatoms. The molecule has 0 aromatic heterocycles. The van der Waals surface area contributed by atoms with Crippen LogP contribution in [0.25, 0.3) is 27.8 Å². The summed E-state index contributed by atoms with van der Waals surface area (Å²) in [4.78, 5) is 0. The van der Waals surface area contributed by atoms with Crippen LogP contribution in [-0.4, -0.2) is 0 Å². The normalized spacial score (nSPS) is 21.3. The van der Waals surface area contributed by atoms with Gasteiger partial charge in [-0.05, 0) is 98.3 Å². The van der Waals surface area contributed by atoms with Crippen LogP contribution in [-0.2, 0) is 6.42 Å². The van der Waals surface area contributed by atoms with Crippen molar-refractivity contribution in [3.63, 3.8) is 0 Å². The fraction of sp³-hybridized carbons (Fsp3) is 0.405. The van der Waals surface area contributed by atoms with Crippen molar-refractivity contribution in [2.75, 3.05) is 0 Å². The maximum absolute atomic E-state index is 15.4. The highest BCUT2D eigenvalue weighted by Gasteiger charge is 2.29. The molecule has 0 heterocycles. The van der Waals surface area contributed by atoms with E-state index in [-0.39, 0.29) is 11.1 Å². The maximum Gasteiger partial charge on any atom is 0.167 e. The van der Waals surface area contributed by atoms with E-state index in [9.17, 15) is 8.78 Å². The molecule has 1 unspecified atom stereocenters. The van der Waals surface area contributed by atoms with Crippen LogP contribution in [0.15, 0.2) is 66.8 Å². The maximum atomic E-state index is 15.4. The summed E-state index contributed by atoms with van der Waals surface area (Å²) in [6.07, 6.45) is 17.4. The summed E-state index contributed by atoms with van der Waals surface area (Å²) in [5.74, 6) is -1.20. The van der Waals surface area contributed by atoms with Crippen LogP contribution >= 0.6 is 0 Å². The van der Waals surface area contributed by atoms with Gasteiger partial charge in [-0.15, -0.1) is 0 Å². The number of rotatable bonds is 8. The van der Waals surface area contributed by atoms with E-state index < -0.39 is 23.3 Å². The van der Waals surface area contributed by atoms with E-state index in [0.29, 0.717) is 34.6 Å². The van der Waals surface area contributed by atoms with Gasteiger partial charge in [-0.3, -0.25) is 0 Å². The number of allylic oxidation sites excluding steroid dienone is 4. The molecule has 0 N–H and O–H groups in total. The molecule has 2 aliphatic carbocycles. The molecule has 0 spiro atoms. The van der Waals surface area contributed by atoms with Gasteiger partial charge in [-0.1, -0.05) is 86.5 Å². The smallest absolute Gasteiger partial charge is 0.167 e. The Kier molecular flexibility index (Phi) is 9.47. The molecule has 2 aliphatic rings. The summed E-state index contributed by atoms with van der Waals surface area (Å²) in [5, 5.41) is 0. The number of hydrogen-bond donors (Lipinski definition) is 0. The lowest BCUT2D eigenvalue weighted by molar-refractivity contribution is 0.190. The van der Waals surface area contributed by atoms with E-state index in [0.717, 1.165) is 36.7 Å². The van der Waals surface area contributed by atoms with E-state index in [1.165, 1.54) is 38.5 Å². The Hall–Kier alpha value is -3.14. The Bertz CT molecular complexity index is 1410. The van der Waals surface area contributed by atoms with E-state index in [4.69, 9.17) is 0 Å². The monoisotopic (exact) mass is 560 g/mol. The van der Waals surface area contributed by atoms with Gasteiger partial charge in [0.25, 0.3) is 0 Å². The van der Waals surface area contributed by atoms with Crippen molar-refractivity contribution < 1.29 is 17.6 Å². The molecule has 0 nitrogen and oxygen atoms in total. The van der Waals surface area contributed by atoms with Gasteiger partial charge < -0.3 is 0 Å². The minimum absolute atomic E-state index is 0.147. The first kappa shape index (κ1) is 29.4. The molecule has 0 amide bonds. The number of aryl methyl sites for hydroxylation is 1. The fourth-order valence-corrected chi connectivity index (χ4v) is 6.91. The van der Waals surface area contributed by atoms with Crippen LogP contribution in [0.1, 0.15) is 82.8 Å². The van der Waals surface area contributed by atoms with Crippen molar-refractivity contribution in [2.24, 2.45) is 17.8 Å². The second-order valence-corrected chi connectivity index (χ2v) is 11.8. The molecular formula is C37H40F4. The molecule has 1 saturated carbocycles. The first-order valence-electron chi connectivity index (χ1n) is 15.3. The molecule has 0 saturated heterocycles. The third-order valence-electron chi connectivity index (χ3n) is 9.47. The zero-order valence-electron chi connectivity index (χ0n) is 24.2. The topological polar surface area (TPSA) is 0 Å². The first-order chi connectivity index (χ1) is 19.9. The van der Waals surface area contributed by atoms with E-state index >= 15 is 8.78 Å². The zero-order chi connectivity index (χ0) is 28.9. The van der Waals surface area contributed by atoms with Gasteiger partial charge in [-0.25, -0.2) is 17.6 Å². The molecule has 216 valence electrons. The summed E-state index contributed by atoms with van der Waals surface area (Å²) in [6.45, 7) is 3.85. The largest absolute Gasteiger partial charge is 0.203 e. The van der Waals surface area contributed by atoms with Crippen molar-refractivity contribution in [1.29, 1.82) is 0 Å². The third-order valence-corrected chi connectivity index (χ3v) is 9.47. The number of benzene rings is 3. The van der Waals surface area contributed by atoms with Crippen molar-refractivity contribution >= 4 is 5.57 Å². The Morgan fingerprint density at radius 1 is 0.683 bits per heavy atom. The lowest BCUT2D eigenvalue weighted by Crippen LogP contribution is -2.23. The predicted octanol–water partition coefficient (Wildman–Crippen LogP) is 11.5. The van der Waals surface area contributed by atoms with Gasteiger partial charge in [0.2, 0.25) is 0 Å². The summed E-state index contributed by atoms with van der Waals surface area (Å²) < 4.78 is 59.6. The molecule has 0 aliphatic heterocycles. The highest BCUT2D eigenvalue weighted by Crippen LogP contribution is 2.43. The Balaban J connectivity index is 1.25. The van der Waals surface area contributed by atoms with Crippen molar-refractivity contribution in [3.8, 4) is 22.3 Å². The molecule has 3 aromatic rings. The first-order valence-corrected chi connectivity index (χ1v) is 15.3. The van der Waals surface area contributed by atoms with Crippen LogP contribution in [0.2, 0.25) is 0 Å². The van der Waals surface area contributed by atoms with Crippen molar-refractivity contribution in [2.45, 2.75) is 78.1 Å². The van der Waals surface area contributed by atoms with Crippen LogP contribution in [0.3, 0.4) is 0 Å². The fourth-order valence-electron chi connectivity index (χ4n) is 6.91. The summed E-state index contributed by atoms with van der Waals surface area (Å²) in [7, 11) is 0. The summed E-state index contributed by atoms with van der Waals surface area (Å²) in [6, 6.07) is 12.9. The minimum atomic E-state index is -0.894. The molecule has 1 fully saturated rings. The van der Waals surface area contributed by atoms with Gasteiger partial charge >= 0.3 is 0 Å². The Labute approximate surface area is 242 Å². The highest BCUT2D eigenvalue weighted by atomic mass is 19.2. The average molecular weight is 561 g/mol. The van der Waals surface area contributed by atoms with Gasteiger partial charge in [0.15, 0.2) is 23.3 Å². The lowest BCUT2D eigenvalue weighted by atomic mass is 9.70. The van der Waals surface area contributed by atoms with Gasteiger partial charge in [0.05, 0.1) is 0 Å². The van der Waals surface area contributed by atoms with Crippen molar-refractivity contribution in [1.82, 2.24) is 0 Å². The zero-order valence-corrected chi connectivity index (χ0v) is 24.2. The van der Waals surface area contributed by atoms with E-state index in [1.54, 1.807) is 55.5 Å². The number of halogens is 4. The van der Waals surface area contributed by atoms with E-state index in [1.807, 2.05) is 0 Å². The molecule has 3 aromatic carbocycles. The highest BCUT2D eigenvalue weighted by molar-refractivity contribution is 5.74. The van der Waals surface area contributed by atoms with Crippen LogP contribution in [0, 0.1) is 41.0 Å². The molecule has 5 rings (SSSR count). The average Bonchev–Trinajstić information content (AvgIpc) is 3.01. The standard InChI is InChI=1S/C37H40F4/c1-3-5-6-7-24-8-10-26(11-9-24)27-12-14-28(15-13-27)32-22-23-33(37(41)36(32)40)30-18-16-29(17-19-30)31-21-20-25(4-2)34(38)35(31)39/h3,5,14,16-24,26-27H,4,6-13,15H2,1-2H3/b5-3+. The third kappa shape index (κ3) is 6.37. The molecular weight excluding hydrogens is 520 g/mol. The molecule has 41 heavy (non-hydrogen) atoms. The van der Waals surface area contributed by atoms with Crippen LogP contribution in [0.5, 0.6) is 0 Å². The second-order valence-electron chi connectivity index (χ2n) is 11.8. The van der Waals surface area contributed by atoms with Gasteiger partial charge in [0.1, 0.15) is 0 Å².